The van der Waals surface area contributed by atoms with E-state index in [4.69, 9.17) is 9.72 Å². The summed E-state index contributed by atoms with van der Waals surface area (Å²) in [6.07, 6.45) is 7.40. The van der Waals surface area contributed by atoms with Gasteiger partial charge in [-0.15, -0.1) is 0 Å². The fourth-order valence-electron chi connectivity index (χ4n) is 4.46. The lowest BCUT2D eigenvalue weighted by Gasteiger charge is -2.22. The molecule has 5 nitrogen and oxygen atoms in total. The minimum absolute atomic E-state index is 0.114. The number of aromatic nitrogens is 2. The minimum atomic E-state index is -0.114. The second kappa shape index (κ2) is 11.0. The van der Waals surface area contributed by atoms with Crippen LogP contribution in [0.2, 0.25) is 0 Å². The zero-order valence-electron chi connectivity index (χ0n) is 19.2. The Morgan fingerprint density at radius 3 is 2.60 bits per heavy atom. The number of hydrogen-bond donors (Lipinski definition) is 0. The predicted molar refractivity (Wildman–Crippen MR) is 152 cm³/mol. The summed E-state index contributed by atoms with van der Waals surface area (Å²) >= 11 is 5.73. The highest BCUT2D eigenvalue weighted by molar-refractivity contribution is 14.1. The van der Waals surface area contributed by atoms with E-state index in [0.29, 0.717) is 12.0 Å². The average molecular weight is 642 g/mol. The third-order valence-corrected chi connectivity index (χ3v) is 7.71. The maximum absolute atomic E-state index is 13.4. The van der Waals surface area contributed by atoms with Crippen molar-refractivity contribution in [1.29, 1.82) is 0 Å². The topological polar surface area (TPSA) is 56.5 Å². The molecule has 0 N–H and O–H groups in total. The molecule has 1 heterocycles. The Hall–Kier alpha value is -2.52. The Morgan fingerprint density at radius 1 is 1.06 bits per heavy atom. The van der Waals surface area contributed by atoms with Crippen molar-refractivity contribution in [1.82, 2.24) is 9.66 Å². The molecule has 1 fully saturated rings. The van der Waals surface area contributed by atoms with Crippen LogP contribution >= 0.6 is 38.5 Å². The Morgan fingerprint density at radius 2 is 1.83 bits per heavy atom. The zero-order chi connectivity index (χ0) is 24.2. The summed E-state index contributed by atoms with van der Waals surface area (Å²) in [6.45, 7) is 0.500. The number of halogens is 2. The van der Waals surface area contributed by atoms with Gasteiger partial charge in [0.1, 0.15) is 18.2 Å². The number of rotatable bonds is 6. The molecule has 0 saturated heterocycles. The van der Waals surface area contributed by atoms with Crippen LogP contribution in [-0.2, 0) is 6.61 Å². The molecule has 3 aromatic carbocycles. The number of para-hydroxylation sites is 1. The molecule has 1 aliphatic rings. The molecule has 5 rings (SSSR count). The standard InChI is InChI=1S/C28H25BrIN3O2/c29-22-13-10-19(11-14-22)18-35-26-15-12-20(16-24(26)30)17-31-33-27(21-6-2-1-3-7-21)32-25-9-5-4-8-23(25)28(33)34/h4-5,8-17,21H,1-3,6-7,18H2. The van der Waals surface area contributed by atoms with Crippen molar-refractivity contribution in [3.63, 3.8) is 0 Å². The number of fused-ring (bicyclic) bond motifs is 1. The Kier molecular flexibility index (Phi) is 7.63. The van der Waals surface area contributed by atoms with Gasteiger partial charge in [0.25, 0.3) is 5.56 Å². The molecule has 0 radical (unpaired) electrons. The molecule has 0 bridgehead atoms. The molecule has 4 aromatic rings. The summed E-state index contributed by atoms with van der Waals surface area (Å²) in [5.41, 5.74) is 2.64. The lowest BCUT2D eigenvalue weighted by Crippen LogP contribution is -2.25. The number of hydrogen-bond acceptors (Lipinski definition) is 4. The SMILES string of the molecule is O=c1c2ccccc2nc(C2CCCCC2)n1N=Cc1ccc(OCc2ccc(Br)cc2)c(I)c1. The highest BCUT2D eigenvalue weighted by atomic mass is 127. The first-order valence-corrected chi connectivity index (χ1v) is 13.7. The van der Waals surface area contributed by atoms with E-state index in [1.54, 1.807) is 6.21 Å². The van der Waals surface area contributed by atoms with Gasteiger partial charge >= 0.3 is 0 Å². The average Bonchev–Trinajstić information content (AvgIpc) is 2.89. The molecule has 0 aliphatic heterocycles. The summed E-state index contributed by atoms with van der Waals surface area (Å²) in [4.78, 5) is 18.2. The number of nitrogens with zero attached hydrogens (tertiary/aromatic N) is 3. The van der Waals surface area contributed by atoms with Crippen LogP contribution in [0, 0.1) is 3.57 Å². The summed E-state index contributed by atoms with van der Waals surface area (Å²) < 4.78 is 9.56. The summed E-state index contributed by atoms with van der Waals surface area (Å²) in [5, 5.41) is 5.24. The zero-order valence-corrected chi connectivity index (χ0v) is 22.9. The highest BCUT2D eigenvalue weighted by Crippen LogP contribution is 2.32. The second-order valence-corrected chi connectivity index (χ2v) is 10.9. The normalized spacial score (nSPS) is 14.6. The highest BCUT2D eigenvalue weighted by Gasteiger charge is 2.22. The molecular formula is C28H25BrIN3O2. The van der Waals surface area contributed by atoms with Crippen molar-refractivity contribution in [2.45, 2.75) is 44.6 Å². The van der Waals surface area contributed by atoms with Gasteiger partial charge in [0.05, 0.1) is 20.7 Å². The van der Waals surface area contributed by atoms with Gasteiger partial charge in [-0.3, -0.25) is 4.79 Å². The van der Waals surface area contributed by atoms with Gasteiger partial charge in [-0.1, -0.05) is 59.5 Å². The van der Waals surface area contributed by atoms with E-state index in [9.17, 15) is 4.79 Å². The van der Waals surface area contributed by atoms with Crippen molar-refractivity contribution in [3.05, 3.63) is 102 Å². The monoisotopic (exact) mass is 641 g/mol. The Bertz CT molecular complexity index is 1430. The molecule has 0 amide bonds. The Labute approximate surface area is 226 Å². The van der Waals surface area contributed by atoms with E-state index in [0.717, 1.165) is 61.9 Å². The maximum atomic E-state index is 13.4. The molecular weight excluding hydrogens is 617 g/mol. The van der Waals surface area contributed by atoms with Crippen LogP contribution in [-0.4, -0.2) is 15.9 Å². The lowest BCUT2D eigenvalue weighted by molar-refractivity contribution is 0.304. The molecule has 7 heteroatoms. The first kappa shape index (κ1) is 24.2. The van der Waals surface area contributed by atoms with Crippen LogP contribution in [0.15, 0.2) is 81.1 Å². The van der Waals surface area contributed by atoms with E-state index < -0.39 is 0 Å². The smallest absolute Gasteiger partial charge is 0.282 e. The van der Waals surface area contributed by atoms with Gasteiger partial charge in [0.2, 0.25) is 0 Å². The van der Waals surface area contributed by atoms with Gasteiger partial charge in [-0.2, -0.15) is 9.78 Å². The lowest BCUT2D eigenvalue weighted by atomic mass is 9.88. The molecule has 1 saturated carbocycles. The van der Waals surface area contributed by atoms with E-state index in [2.05, 4.69) is 43.6 Å². The minimum Gasteiger partial charge on any atom is -0.488 e. The molecule has 178 valence electrons. The predicted octanol–water partition coefficient (Wildman–Crippen LogP) is 7.27. The van der Waals surface area contributed by atoms with Crippen molar-refractivity contribution in [2.75, 3.05) is 0 Å². The third-order valence-electron chi connectivity index (χ3n) is 6.33. The van der Waals surface area contributed by atoms with Crippen LogP contribution in [0.4, 0.5) is 0 Å². The van der Waals surface area contributed by atoms with Crippen LogP contribution < -0.4 is 10.3 Å². The van der Waals surface area contributed by atoms with E-state index in [-0.39, 0.29) is 11.5 Å². The molecule has 1 aliphatic carbocycles. The quantitative estimate of drug-likeness (QED) is 0.164. The fourth-order valence-corrected chi connectivity index (χ4v) is 5.42. The molecule has 0 atom stereocenters. The molecule has 35 heavy (non-hydrogen) atoms. The van der Waals surface area contributed by atoms with Gasteiger partial charge in [0.15, 0.2) is 0 Å². The van der Waals surface area contributed by atoms with E-state index >= 15 is 0 Å². The maximum Gasteiger partial charge on any atom is 0.282 e. The number of ether oxygens (including phenoxy) is 1. The summed E-state index contributed by atoms with van der Waals surface area (Å²) in [5.74, 6) is 1.85. The first-order valence-electron chi connectivity index (χ1n) is 11.8. The van der Waals surface area contributed by atoms with Crippen LogP contribution in [0.25, 0.3) is 10.9 Å². The van der Waals surface area contributed by atoms with Crippen LogP contribution in [0.1, 0.15) is 55.0 Å². The van der Waals surface area contributed by atoms with Crippen molar-refractivity contribution < 1.29 is 4.74 Å². The van der Waals surface area contributed by atoms with Gasteiger partial charge in [-0.05, 0) is 89.0 Å². The van der Waals surface area contributed by atoms with Crippen molar-refractivity contribution in [3.8, 4) is 5.75 Å². The Balaban J connectivity index is 1.41. The van der Waals surface area contributed by atoms with E-state index in [1.807, 2.05) is 66.7 Å². The molecule has 0 unspecified atom stereocenters. The fraction of sp³-hybridized carbons (Fsp3) is 0.250. The number of benzene rings is 3. The largest absolute Gasteiger partial charge is 0.488 e. The summed E-state index contributed by atoms with van der Waals surface area (Å²) in [7, 11) is 0. The van der Waals surface area contributed by atoms with Crippen LogP contribution in [0.3, 0.4) is 0 Å². The third kappa shape index (κ3) is 5.67. The molecule has 1 aromatic heterocycles. The van der Waals surface area contributed by atoms with Gasteiger partial charge < -0.3 is 4.74 Å². The molecule has 0 spiro atoms. The summed E-state index contributed by atoms with van der Waals surface area (Å²) in [6, 6.07) is 21.5. The first-order chi connectivity index (χ1) is 17.1. The van der Waals surface area contributed by atoms with Gasteiger partial charge in [0, 0.05) is 10.4 Å². The second-order valence-electron chi connectivity index (χ2n) is 8.79. The van der Waals surface area contributed by atoms with E-state index in [1.165, 1.54) is 11.1 Å². The van der Waals surface area contributed by atoms with Crippen molar-refractivity contribution in [2.24, 2.45) is 5.10 Å². The van der Waals surface area contributed by atoms with Crippen molar-refractivity contribution >= 4 is 55.6 Å². The van der Waals surface area contributed by atoms with Crippen LogP contribution in [0.5, 0.6) is 5.75 Å². The van der Waals surface area contributed by atoms with Gasteiger partial charge in [-0.25, -0.2) is 4.98 Å².